The molecular weight excluding hydrogens is 228 g/mol. The smallest absolute Gasteiger partial charge is 0.212 e. The van der Waals surface area contributed by atoms with Crippen molar-refractivity contribution in [3.63, 3.8) is 0 Å². The van der Waals surface area contributed by atoms with Crippen molar-refractivity contribution < 1.29 is 12.8 Å². The number of nitrogens with one attached hydrogen (secondary N) is 1. The number of oxazole rings is 1. The molecule has 0 aliphatic carbocycles. The van der Waals surface area contributed by atoms with E-state index in [0.29, 0.717) is 24.5 Å². The van der Waals surface area contributed by atoms with Gasteiger partial charge in [-0.25, -0.2) is 13.4 Å². The molecule has 2 atom stereocenters. The molecule has 0 spiro atoms. The first kappa shape index (κ1) is 11.6. The molecule has 1 aliphatic heterocycles. The first-order valence-electron chi connectivity index (χ1n) is 5.39. The molecule has 0 radical (unpaired) electrons. The summed E-state index contributed by atoms with van der Waals surface area (Å²) in [6, 6.07) is 0.0466. The van der Waals surface area contributed by atoms with Crippen LogP contribution in [0.3, 0.4) is 0 Å². The van der Waals surface area contributed by atoms with Crippen LogP contribution in [0.2, 0.25) is 0 Å². The normalized spacial score (nSPS) is 25.8. The van der Waals surface area contributed by atoms with Gasteiger partial charge >= 0.3 is 0 Å². The summed E-state index contributed by atoms with van der Waals surface area (Å²) < 4.78 is 28.9. The van der Waals surface area contributed by atoms with Crippen LogP contribution in [0, 0.1) is 0 Å². The Hall–Kier alpha value is -0.880. The molecule has 2 unspecified atom stereocenters. The maximum atomic E-state index is 11.7. The maximum Gasteiger partial charge on any atom is 0.212 e. The number of aromatic nitrogens is 1. The highest BCUT2D eigenvalue weighted by atomic mass is 32.2. The Balaban J connectivity index is 2.25. The molecule has 5 nitrogen and oxygen atoms in total. The minimum atomic E-state index is -3.04. The standard InChI is InChI=1S/C10H16N2O3S/c1-7(11-2)8-6-12-10(15-8)9-4-3-5-16(9,13)14/h6-7,9,11H,3-5H2,1-2H3. The summed E-state index contributed by atoms with van der Waals surface area (Å²) in [5.41, 5.74) is 0. The van der Waals surface area contributed by atoms with Crippen molar-refractivity contribution in [2.45, 2.75) is 31.1 Å². The van der Waals surface area contributed by atoms with Gasteiger partial charge < -0.3 is 9.73 Å². The zero-order chi connectivity index (χ0) is 11.8. The van der Waals surface area contributed by atoms with Crippen LogP contribution in [0.5, 0.6) is 0 Å². The van der Waals surface area contributed by atoms with Crippen LogP contribution < -0.4 is 5.32 Å². The lowest BCUT2D eigenvalue weighted by Gasteiger charge is -2.06. The third-order valence-electron chi connectivity index (χ3n) is 3.01. The molecule has 1 N–H and O–H groups in total. The van der Waals surface area contributed by atoms with E-state index in [1.54, 1.807) is 6.20 Å². The summed E-state index contributed by atoms with van der Waals surface area (Å²) in [7, 11) is -1.22. The van der Waals surface area contributed by atoms with Gasteiger partial charge in [-0.2, -0.15) is 0 Å². The van der Waals surface area contributed by atoms with Crippen LogP contribution in [0.25, 0.3) is 0 Å². The summed E-state index contributed by atoms with van der Waals surface area (Å²) in [6.07, 6.45) is 2.92. The van der Waals surface area contributed by atoms with Crippen LogP contribution >= 0.6 is 0 Å². The van der Waals surface area contributed by atoms with Crippen LogP contribution in [0.1, 0.15) is 42.7 Å². The third-order valence-corrected chi connectivity index (χ3v) is 5.17. The summed E-state index contributed by atoms with van der Waals surface area (Å²) in [4.78, 5) is 4.08. The Labute approximate surface area is 95.2 Å². The van der Waals surface area contributed by atoms with E-state index in [2.05, 4.69) is 10.3 Å². The summed E-state index contributed by atoms with van der Waals surface area (Å²) in [5.74, 6) is 1.27. The number of sulfone groups is 1. The first-order valence-corrected chi connectivity index (χ1v) is 7.10. The monoisotopic (exact) mass is 244 g/mol. The minimum Gasteiger partial charge on any atom is -0.443 e. The molecular formula is C10H16N2O3S. The van der Waals surface area contributed by atoms with Crippen molar-refractivity contribution in [3.8, 4) is 0 Å². The van der Waals surface area contributed by atoms with Gasteiger partial charge in [0, 0.05) is 0 Å². The molecule has 6 heteroatoms. The molecule has 1 saturated heterocycles. The molecule has 0 amide bonds. The Kier molecular flexibility index (Phi) is 3.03. The molecule has 16 heavy (non-hydrogen) atoms. The van der Waals surface area contributed by atoms with Crippen molar-refractivity contribution in [1.82, 2.24) is 10.3 Å². The van der Waals surface area contributed by atoms with Gasteiger partial charge in [-0.3, -0.25) is 0 Å². The Morgan fingerprint density at radius 1 is 1.62 bits per heavy atom. The summed E-state index contributed by atoms with van der Waals surface area (Å²) in [6.45, 7) is 1.94. The topological polar surface area (TPSA) is 72.2 Å². The van der Waals surface area contributed by atoms with Gasteiger partial charge in [0.2, 0.25) is 5.89 Å². The molecule has 1 aromatic heterocycles. The SMILES string of the molecule is CNC(C)c1cnc(C2CCCS2(=O)=O)o1. The Morgan fingerprint density at radius 3 is 2.94 bits per heavy atom. The average Bonchev–Trinajstić information content (AvgIpc) is 2.82. The van der Waals surface area contributed by atoms with Gasteiger partial charge in [0.25, 0.3) is 0 Å². The van der Waals surface area contributed by atoms with Gasteiger partial charge in [-0.15, -0.1) is 0 Å². The molecule has 0 saturated carbocycles. The second-order valence-corrected chi connectivity index (χ2v) is 6.41. The zero-order valence-electron chi connectivity index (χ0n) is 9.43. The average molecular weight is 244 g/mol. The van der Waals surface area contributed by atoms with Gasteiger partial charge in [0.05, 0.1) is 18.0 Å². The van der Waals surface area contributed by atoms with E-state index in [0.717, 1.165) is 0 Å². The summed E-state index contributed by atoms with van der Waals surface area (Å²) >= 11 is 0. The number of rotatable bonds is 3. The Morgan fingerprint density at radius 2 is 2.38 bits per heavy atom. The van der Waals surface area contributed by atoms with E-state index in [-0.39, 0.29) is 11.8 Å². The summed E-state index contributed by atoms with van der Waals surface area (Å²) in [5, 5.41) is 2.49. The van der Waals surface area contributed by atoms with Crippen molar-refractivity contribution >= 4 is 9.84 Å². The molecule has 2 rings (SSSR count). The fraction of sp³-hybridized carbons (Fsp3) is 0.700. The molecule has 1 fully saturated rings. The van der Waals surface area contributed by atoms with Gasteiger partial charge in [-0.1, -0.05) is 0 Å². The lowest BCUT2D eigenvalue weighted by Crippen LogP contribution is -2.11. The van der Waals surface area contributed by atoms with Gasteiger partial charge in [-0.05, 0) is 26.8 Å². The lowest BCUT2D eigenvalue weighted by atomic mass is 10.2. The molecule has 0 bridgehead atoms. The lowest BCUT2D eigenvalue weighted by molar-refractivity contribution is 0.406. The van der Waals surface area contributed by atoms with Crippen molar-refractivity contribution in [2.75, 3.05) is 12.8 Å². The van der Waals surface area contributed by atoms with Crippen molar-refractivity contribution in [2.24, 2.45) is 0 Å². The molecule has 1 aromatic rings. The maximum absolute atomic E-state index is 11.7. The van der Waals surface area contributed by atoms with E-state index >= 15 is 0 Å². The second-order valence-electron chi connectivity index (χ2n) is 4.11. The second kappa shape index (κ2) is 4.18. The van der Waals surface area contributed by atoms with Crippen molar-refractivity contribution in [3.05, 3.63) is 17.8 Å². The molecule has 1 aliphatic rings. The first-order chi connectivity index (χ1) is 7.54. The molecule has 0 aromatic carbocycles. The third kappa shape index (κ3) is 1.99. The zero-order valence-corrected chi connectivity index (χ0v) is 10.3. The van der Waals surface area contributed by atoms with Crippen LogP contribution in [0.15, 0.2) is 10.6 Å². The van der Waals surface area contributed by atoms with Gasteiger partial charge in [0.15, 0.2) is 9.84 Å². The highest BCUT2D eigenvalue weighted by molar-refractivity contribution is 7.91. The number of hydrogen-bond acceptors (Lipinski definition) is 5. The van der Waals surface area contributed by atoms with Crippen LogP contribution in [-0.2, 0) is 9.84 Å². The van der Waals surface area contributed by atoms with E-state index in [1.807, 2.05) is 14.0 Å². The van der Waals surface area contributed by atoms with Crippen LogP contribution in [-0.4, -0.2) is 26.2 Å². The quantitative estimate of drug-likeness (QED) is 0.865. The Bertz CT molecular complexity index is 466. The highest BCUT2D eigenvalue weighted by Crippen LogP contribution is 2.34. The highest BCUT2D eigenvalue weighted by Gasteiger charge is 2.36. The van der Waals surface area contributed by atoms with E-state index in [1.165, 1.54) is 0 Å². The van der Waals surface area contributed by atoms with E-state index < -0.39 is 15.1 Å². The van der Waals surface area contributed by atoms with E-state index in [4.69, 9.17) is 4.42 Å². The molecule has 2 heterocycles. The fourth-order valence-electron chi connectivity index (χ4n) is 1.86. The van der Waals surface area contributed by atoms with E-state index in [9.17, 15) is 8.42 Å². The predicted molar refractivity (Wildman–Crippen MR) is 59.7 cm³/mol. The van der Waals surface area contributed by atoms with Crippen molar-refractivity contribution in [1.29, 1.82) is 0 Å². The van der Waals surface area contributed by atoms with Gasteiger partial charge in [0.1, 0.15) is 11.0 Å². The fourth-order valence-corrected chi connectivity index (χ4v) is 3.66. The number of nitrogens with zero attached hydrogens (tertiary/aromatic N) is 1. The largest absolute Gasteiger partial charge is 0.443 e. The minimum absolute atomic E-state index is 0.0466. The predicted octanol–water partition coefficient (Wildman–Crippen LogP) is 1.20. The molecule has 90 valence electrons. The number of hydrogen-bond donors (Lipinski definition) is 1. The van der Waals surface area contributed by atoms with Crippen LogP contribution in [0.4, 0.5) is 0 Å².